The van der Waals surface area contributed by atoms with Crippen LogP contribution < -0.4 is 0 Å². The van der Waals surface area contributed by atoms with Crippen molar-refractivity contribution in [2.75, 3.05) is 39.6 Å². The van der Waals surface area contributed by atoms with Crippen molar-refractivity contribution >= 4 is 39.5 Å². The molecule has 3 N–H and O–H groups in total. The molecule has 0 amide bonds. The van der Waals surface area contributed by atoms with Gasteiger partial charge in [0, 0.05) is 25.7 Å². The maximum absolute atomic E-state index is 13.1. The van der Waals surface area contributed by atoms with Crippen LogP contribution in [0.15, 0.2) is 182 Å². The van der Waals surface area contributed by atoms with Crippen molar-refractivity contribution in [2.24, 2.45) is 0 Å². The third-order valence-corrected chi connectivity index (χ3v) is 18.2. The summed E-state index contributed by atoms with van der Waals surface area (Å²) in [4.78, 5) is 73.1. The Morgan fingerprint density at radius 2 is 0.509 bits per heavy atom. The molecule has 0 aromatic carbocycles. The summed E-state index contributed by atoms with van der Waals surface area (Å²) in [7, 11) is -10.0. The molecule has 5 unspecified atom stereocenters. The van der Waals surface area contributed by atoms with Gasteiger partial charge >= 0.3 is 39.5 Å². The summed E-state index contributed by atoms with van der Waals surface area (Å²) >= 11 is 0. The summed E-state index contributed by atoms with van der Waals surface area (Å²) in [5.74, 6) is -2.35. The highest BCUT2D eigenvalue weighted by atomic mass is 31.2. The first-order valence-corrected chi connectivity index (χ1v) is 44.0. The number of phosphoric acid groups is 2. The van der Waals surface area contributed by atoms with Crippen LogP contribution in [0.25, 0.3) is 0 Å². The zero-order chi connectivity index (χ0) is 78.9. The van der Waals surface area contributed by atoms with E-state index in [1.165, 1.54) is 25.7 Å². The molecule has 0 rings (SSSR count). The normalized spacial score (nSPS) is 14.8. The fourth-order valence-corrected chi connectivity index (χ4v) is 11.7. The molecule has 0 aliphatic heterocycles. The zero-order valence-electron chi connectivity index (χ0n) is 66.9. The summed E-state index contributed by atoms with van der Waals surface area (Å²) in [5, 5.41) is 10.6. The molecule has 5 atom stereocenters. The Bertz CT molecular complexity index is 2760. The topological polar surface area (TPSA) is 237 Å². The summed E-state index contributed by atoms with van der Waals surface area (Å²) < 4.78 is 68.5. The minimum Gasteiger partial charge on any atom is -0.462 e. The van der Waals surface area contributed by atoms with Crippen molar-refractivity contribution in [3.63, 3.8) is 0 Å². The second-order valence-electron chi connectivity index (χ2n) is 26.6. The number of carbonyl (C=O) groups is 4. The van der Waals surface area contributed by atoms with Gasteiger partial charge in [-0.25, -0.2) is 9.13 Å². The van der Waals surface area contributed by atoms with Gasteiger partial charge in [-0.3, -0.25) is 37.3 Å². The SMILES string of the molecule is CC/C=C\C/C=C\C/C=C\C/C=C\C/C=C\C/C=C\CCC(=O)OCC(COP(=O)(O)OCC(O)COP(=O)(O)OCC(COC(=O)CCCCC/C=C\C/C=C\C/C=C\C/C=C\C/C=C\CC)OC(=O)CCCCCCC/C=C\CCCC)OC(=O)CCCCCCCC/C=C\C/C=C\C/C=C\CCCCC. The molecule has 19 heteroatoms. The molecule has 0 saturated heterocycles. The van der Waals surface area contributed by atoms with Gasteiger partial charge in [0.25, 0.3) is 0 Å². The Morgan fingerprint density at radius 1 is 0.269 bits per heavy atom. The molecule has 108 heavy (non-hydrogen) atoms. The highest BCUT2D eigenvalue weighted by Crippen LogP contribution is 2.45. The molecule has 0 radical (unpaired) electrons. The van der Waals surface area contributed by atoms with Crippen LogP contribution in [0.2, 0.25) is 0 Å². The second kappa shape index (κ2) is 79.3. The minimum atomic E-state index is -5.01. The predicted molar refractivity (Wildman–Crippen MR) is 445 cm³/mol. The lowest BCUT2D eigenvalue weighted by atomic mass is 10.1. The first-order valence-electron chi connectivity index (χ1n) is 41.0. The van der Waals surface area contributed by atoms with E-state index in [9.17, 15) is 43.2 Å². The monoisotopic (exact) mass is 1550 g/mol. The molecule has 0 saturated carbocycles. The largest absolute Gasteiger partial charge is 0.472 e. The van der Waals surface area contributed by atoms with E-state index in [4.69, 9.17) is 37.0 Å². The molecule has 17 nitrogen and oxygen atoms in total. The molecule has 0 spiro atoms. The fraction of sp³-hybridized carbons (Fsp3) is 0.618. The number of ether oxygens (including phenoxy) is 4. The molecule has 0 aromatic rings. The van der Waals surface area contributed by atoms with Gasteiger partial charge in [0.05, 0.1) is 26.4 Å². The molecular formula is C89H144O17P2. The number of phosphoric ester groups is 2. The summed E-state index contributed by atoms with van der Waals surface area (Å²) in [6.45, 7) is 4.42. The van der Waals surface area contributed by atoms with Gasteiger partial charge in [0.1, 0.15) is 19.3 Å². The van der Waals surface area contributed by atoms with Gasteiger partial charge in [-0.05, 0) is 167 Å². The van der Waals surface area contributed by atoms with Crippen LogP contribution >= 0.6 is 15.6 Å². The number of aliphatic hydroxyl groups excluding tert-OH is 1. The average Bonchev–Trinajstić information content (AvgIpc) is 0.917. The Kier molecular flexibility index (Phi) is 75.0. The predicted octanol–water partition coefficient (Wildman–Crippen LogP) is 24.3. The summed E-state index contributed by atoms with van der Waals surface area (Å²) in [6.07, 6.45) is 96.0. The van der Waals surface area contributed by atoms with Crippen molar-refractivity contribution in [2.45, 2.75) is 316 Å². The second-order valence-corrected chi connectivity index (χ2v) is 29.5. The minimum absolute atomic E-state index is 0.0261. The maximum Gasteiger partial charge on any atom is 0.472 e. The summed E-state index contributed by atoms with van der Waals surface area (Å²) in [6, 6.07) is 0. The molecule has 0 fully saturated rings. The van der Waals surface area contributed by atoms with Gasteiger partial charge in [-0.2, -0.15) is 0 Å². The molecule has 0 aliphatic carbocycles. The lowest BCUT2D eigenvalue weighted by Gasteiger charge is -2.21. The van der Waals surface area contributed by atoms with Crippen molar-refractivity contribution < 1.29 is 80.2 Å². The van der Waals surface area contributed by atoms with E-state index in [-0.39, 0.29) is 25.7 Å². The van der Waals surface area contributed by atoms with Crippen LogP contribution in [0.1, 0.15) is 297 Å². The number of hydrogen-bond donors (Lipinski definition) is 3. The van der Waals surface area contributed by atoms with Crippen LogP contribution in [0.5, 0.6) is 0 Å². The number of esters is 4. The van der Waals surface area contributed by atoms with Crippen LogP contribution in [0.3, 0.4) is 0 Å². The standard InChI is InChI=1S/C89H144O17P2/c1-5-9-13-17-21-25-29-32-35-38-41-44-47-50-54-57-61-65-69-73-86(91)99-79-84(105-88(93)75-71-67-63-59-53-28-24-20-16-12-8-4)81-103-107(95,96)101-77-83(90)78-102-108(97,98)104-82-85(106-89(94)76-72-68-64-60-56-52-49-46-43-40-37-34-31-27-23-19-15-11-7-3)80-100-87(92)74-70-66-62-58-55-51-48-45-42-39-36-33-30-26-22-18-14-10-6-2/h9-10,13-14,20-27,32-37,41-46,50-51,54-55,62,66,83-85,90H,5-8,11-12,15-19,28-31,38-40,47-49,52-53,56-61,63-65,67-82H2,1-4H3,(H,95,96)(H,97,98)/b13-9-,14-10-,24-20-,25-21-,26-22-,27-23-,35-32-,36-33-,37-34-,44-41-,45-42-,46-43-,54-50-,55-51-,66-62-. The van der Waals surface area contributed by atoms with Gasteiger partial charge in [-0.1, -0.05) is 287 Å². The van der Waals surface area contributed by atoms with Gasteiger partial charge < -0.3 is 33.8 Å². The Balaban J connectivity index is 5.46. The third-order valence-electron chi connectivity index (χ3n) is 16.3. The van der Waals surface area contributed by atoms with Crippen molar-refractivity contribution in [3.05, 3.63) is 182 Å². The Labute approximate surface area is 654 Å². The highest BCUT2D eigenvalue weighted by molar-refractivity contribution is 7.47. The van der Waals surface area contributed by atoms with E-state index in [1.807, 2.05) is 18.2 Å². The lowest BCUT2D eigenvalue weighted by molar-refractivity contribution is -0.161. The zero-order valence-corrected chi connectivity index (χ0v) is 68.7. The molecule has 612 valence electrons. The molecule has 0 aliphatic rings. The summed E-state index contributed by atoms with van der Waals surface area (Å²) in [5.41, 5.74) is 0. The fourth-order valence-electron chi connectivity index (χ4n) is 10.1. The number of unbranched alkanes of at least 4 members (excludes halogenated alkanes) is 19. The van der Waals surface area contributed by atoms with E-state index in [2.05, 4.69) is 192 Å². The van der Waals surface area contributed by atoms with Crippen LogP contribution in [0.4, 0.5) is 0 Å². The smallest absolute Gasteiger partial charge is 0.462 e. The van der Waals surface area contributed by atoms with Crippen molar-refractivity contribution in [1.29, 1.82) is 0 Å². The molecular weight excluding hydrogens is 1400 g/mol. The molecule has 0 heterocycles. The lowest BCUT2D eigenvalue weighted by Crippen LogP contribution is -2.30. The number of allylic oxidation sites excluding steroid dienone is 30. The maximum atomic E-state index is 13.1. The van der Waals surface area contributed by atoms with Gasteiger partial charge in [-0.15, -0.1) is 0 Å². The van der Waals surface area contributed by atoms with E-state index in [0.717, 1.165) is 186 Å². The first kappa shape index (κ1) is 102. The van der Waals surface area contributed by atoms with Crippen molar-refractivity contribution in [3.8, 4) is 0 Å². The Hall–Kier alpha value is -5.84. The van der Waals surface area contributed by atoms with Gasteiger partial charge in [0.15, 0.2) is 12.2 Å². The van der Waals surface area contributed by atoms with E-state index < -0.39 is 97.5 Å². The van der Waals surface area contributed by atoms with E-state index in [1.54, 1.807) is 0 Å². The first-order chi connectivity index (χ1) is 52.7. The quantitative estimate of drug-likeness (QED) is 0.0169. The Morgan fingerprint density at radius 3 is 0.843 bits per heavy atom. The molecule has 0 aromatic heterocycles. The average molecular weight is 1550 g/mol. The van der Waals surface area contributed by atoms with Crippen LogP contribution in [-0.2, 0) is 65.4 Å². The number of rotatable bonds is 75. The van der Waals surface area contributed by atoms with Crippen molar-refractivity contribution in [1.82, 2.24) is 0 Å². The number of carbonyl (C=O) groups excluding carboxylic acids is 4. The van der Waals surface area contributed by atoms with Gasteiger partial charge in [0.2, 0.25) is 0 Å². The van der Waals surface area contributed by atoms with Crippen LogP contribution in [0, 0.1) is 0 Å². The van der Waals surface area contributed by atoms with E-state index in [0.29, 0.717) is 32.1 Å². The highest BCUT2D eigenvalue weighted by Gasteiger charge is 2.30. The van der Waals surface area contributed by atoms with Crippen LogP contribution in [-0.4, -0.2) is 96.7 Å². The third kappa shape index (κ3) is 78.3. The number of hydrogen-bond acceptors (Lipinski definition) is 15. The number of aliphatic hydroxyl groups is 1. The molecule has 0 bridgehead atoms. The van der Waals surface area contributed by atoms with E-state index >= 15 is 0 Å².